The summed E-state index contributed by atoms with van der Waals surface area (Å²) in [6.45, 7) is 1.60. The number of hydrogen-bond donors (Lipinski definition) is 2. The van der Waals surface area contributed by atoms with Gasteiger partial charge in [-0.3, -0.25) is 4.79 Å². The van der Waals surface area contributed by atoms with Gasteiger partial charge in [0.25, 0.3) is 5.91 Å². The van der Waals surface area contributed by atoms with E-state index in [0.717, 1.165) is 11.1 Å². The summed E-state index contributed by atoms with van der Waals surface area (Å²) in [5.41, 5.74) is 2.27. The van der Waals surface area contributed by atoms with Gasteiger partial charge in [-0.25, -0.2) is 4.98 Å². The number of benzene rings is 2. The average molecular weight is 338 g/mol. The molecule has 0 bridgehead atoms. The van der Waals surface area contributed by atoms with E-state index in [1.165, 1.54) is 6.39 Å². The Hall–Kier alpha value is -3.12. The lowest BCUT2D eigenvalue weighted by atomic mass is 10.1. The number of carbonyl (C=O) groups excluding carboxylic acids is 1. The van der Waals surface area contributed by atoms with Gasteiger partial charge in [-0.05, 0) is 48.9 Å². The number of aromatic nitrogens is 1. The Balaban J connectivity index is 1.61. The molecule has 0 aliphatic heterocycles. The summed E-state index contributed by atoms with van der Waals surface area (Å²) >= 11 is 0. The molecule has 128 valence electrons. The van der Waals surface area contributed by atoms with Gasteiger partial charge in [0.1, 0.15) is 5.75 Å². The third-order valence-electron chi connectivity index (χ3n) is 3.63. The quantitative estimate of drug-likeness (QED) is 0.721. The highest BCUT2D eigenvalue weighted by molar-refractivity contribution is 5.94. The monoisotopic (exact) mass is 338 g/mol. The standard InChI is InChI=1S/C19H18N2O4/c1-13(25-17-4-2-3-14(9-17)11-22)19(23)21-16-7-5-15(6-8-16)18-10-20-12-24-18/h2-10,12-13,22H,11H2,1H3,(H,21,23). The van der Waals surface area contributed by atoms with Crippen LogP contribution in [0.15, 0.2) is 65.5 Å². The van der Waals surface area contributed by atoms with Crippen molar-refractivity contribution in [3.8, 4) is 17.1 Å². The Morgan fingerprint density at radius 1 is 1.28 bits per heavy atom. The van der Waals surface area contributed by atoms with Gasteiger partial charge in [0.15, 0.2) is 18.3 Å². The zero-order valence-corrected chi connectivity index (χ0v) is 13.7. The van der Waals surface area contributed by atoms with Gasteiger partial charge in [0.05, 0.1) is 12.8 Å². The molecule has 0 saturated carbocycles. The van der Waals surface area contributed by atoms with Crippen LogP contribution in [0.1, 0.15) is 12.5 Å². The third-order valence-corrected chi connectivity index (χ3v) is 3.63. The first-order valence-corrected chi connectivity index (χ1v) is 7.82. The van der Waals surface area contributed by atoms with Crippen LogP contribution in [0.4, 0.5) is 5.69 Å². The van der Waals surface area contributed by atoms with Crippen LogP contribution in [0, 0.1) is 0 Å². The minimum absolute atomic E-state index is 0.0741. The molecule has 0 aliphatic rings. The van der Waals surface area contributed by atoms with Crippen molar-refractivity contribution in [2.24, 2.45) is 0 Å². The molecule has 6 heteroatoms. The maximum absolute atomic E-state index is 12.3. The van der Waals surface area contributed by atoms with E-state index in [-0.39, 0.29) is 12.5 Å². The Labute approximate surface area is 145 Å². The number of aliphatic hydroxyl groups is 1. The minimum Gasteiger partial charge on any atom is -0.481 e. The molecule has 3 aromatic rings. The number of ether oxygens (including phenoxy) is 1. The lowest BCUT2D eigenvalue weighted by Crippen LogP contribution is -2.30. The first-order valence-electron chi connectivity index (χ1n) is 7.82. The molecule has 1 atom stereocenters. The summed E-state index contributed by atoms with van der Waals surface area (Å²) in [6, 6.07) is 14.3. The largest absolute Gasteiger partial charge is 0.481 e. The molecule has 0 fully saturated rings. The van der Waals surface area contributed by atoms with Crippen LogP contribution in [-0.2, 0) is 11.4 Å². The fourth-order valence-electron chi connectivity index (χ4n) is 2.29. The summed E-state index contributed by atoms with van der Waals surface area (Å²) in [5, 5.41) is 11.9. The third kappa shape index (κ3) is 4.24. The van der Waals surface area contributed by atoms with Crippen LogP contribution in [-0.4, -0.2) is 22.1 Å². The summed E-state index contributed by atoms with van der Waals surface area (Å²) in [7, 11) is 0. The second-order valence-electron chi connectivity index (χ2n) is 5.50. The highest BCUT2D eigenvalue weighted by Gasteiger charge is 2.15. The number of anilines is 1. The molecular formula is C19H18N2O4. The smallest absolute Gasteiger partial charge is 0.265 e. The van der Waals surface area contributed by atoms with Gasteiger partial charge in [-0.15, -0.1) is 0 Å². The van der Waals surface area contributed by atoms with Crippen LogP contribution >= 0.6 is 0 Å². The number of hydrogen-bond acceptors (Lipinski definition) is 5. The van der Waals surface area contributed by atoms with Crippen LogP contribution in [0.5, 0.6) is 5.75 Å². The topological polar surface area (TPSA) is 84.6 Å². The summed E-state index contributed by atoms with van der Waals surface area (Å²) in [5.74, 6) is 0.940. The maximum atomic E-state index is 12.3. The fraction of sp³-hybridized carbons (Fsp3) is 0.158. The lowest BCUT2D eigenvalue weighted by molar-refractivity contribution is -0.122. The first-order chi connectivity index (χ1) is 12.2. The molecule has 1 heterocycles. The van der Waals surface area contributed by atoms with Crippen molar-refractivity contribution in [3.63, 3.8) is 0 Å². The van der Waals surface area contributed by atoms with Crippen LogP contribution in [0.3, 0.4) is 0 Å². The van der Waals surface area contributed by atoms with Gasteiger partial charge < -0.3 is 19.6 Å². The number of oxazole rings is 1. The van der Waals surface area contributed by atoms with Crippen LogP contribution in [0.25, 0.3) is 11.3 Å². The molecule has 0 saturated heterocycles. The highest BCUT2D eigenvalue weighted by Crippen LogP contribution is 2.21. The lowest BCUT2D eigenvalue weighted by Gasteiger charge is -2.15. The van der Waals surface area contributed by atoms with Crippen molar-refractivity contribution in [3.05, 3.63) is 66.7 Å². The maximum Gasteiger partial charge on any atom is 0.265 e. The molecule has 1 aromatic heterocycles. The fourth-order valence-corrected chi connectivity index (χ4v) is 2.29. The zero-order valence-electron chi connectivity index (χ0n) is 13.7. The number of rotatable bonds is 6. The van der Waals surface area contributed by atoms with E-state index in [4.69, 9.17) is 14.3 Å². The highest BCUT2D eigenvalue weighted by atomic mass is 16.5. The number of aliphatic hydroxyl groups excluding tert-OH is 1. The predicted octanol–water partition coefficient (Wildman–Crippen LogP) is 3.24. The number of nitrogens with one attached hydrogen (secondary N) is 1. The summed E-state index contributed by atoms with van der Waals surface area (Å²) < 4.78 is 10.9. The van der Waals surface area contributed by atoms with E-state index < -0.39 is 6.10 Å². The predicted molar refractivity (Wildman–Crippen MR) is 93.0 cm³/mol. The van der Waals surface area contributed by atoms with Crippen molar-refractivity contribution in [1.29, 1.82) is 0 Å². The zero-order chi connectivity index (χ0) is 17.6. The van der Waals surface area contributed by atoms with Crippen molar-refractivity contribution in [2.45, 2.75) is 19.6 Å². The SMILES string of the molecule is CC(Oc1cccc(CO)c1)C(=O)Nc1ccc(-c2cnco2)cc1. The number of amides is 1. The normalized spacial score (nSPS) is 11.8. The van der Waals surface area contributed by atoms with Crippen LogP contribution < -0.4 is 10.1 Å². The second-order valence-corrected chi connectivity index (χ2v) is 5.50. The Morgan fingerprint density at radius 2 is 2.08 bits per heavy atom. The van der Waals surface area contributed by atoms with Gasteiger partial charge >= 0.3 is 0 Å². The van der Waals surface area contributed by atoms with Gasteiger partial charge in [-0.1, -0.05) is 12.1 Å². The second kappa shape index (κ2) is 7.63. The Bertz CT molecular complexity index is 829. The molecule has 0 spiro atoms. The van der Waals surface area contributed by atoms with E-state index >= 15 is 0 Å². The summed E-state index contributed by atoms with van der Waals surface area (Å²) in [6.07, 6.45) is 2.32. The molecule has 1 amide bonds. The Kier molecular flexibility index (Phi) is 5.11. The van der Waals surface area contributed by atoms with Gasteiger partial charge in [0.2, 0.25) is 0 Å². The van der Waals surface area contributed by atoms with E-state index in [1.807, 2.05) is 12.1 Å². The number of carbonyl (C=O) groups is 1. The van der Waals surface area contributed by atoms with Gasteiger partial charge in [0, 0.05) is 11.3 Å². The van der Waals surface area contributed by atoms with E-state index in [2.05, 4.69) is 10.3 Å². The Morgan fingerprint density at radius 3 is 2.76 bits per heavy atom. The van der Waals surface area contributed by atoms with Gasteiger partial charge in [-0.2, -0.15) is 0 Å². The van der Waals surface area contributed by atoms with E-state index in [0.29, 0.717) is 17.2 Å². The van der Waals surface area contributed by atoms with Crippen molar-refractivity contribution >= 4 is 11.6 Å². The van der Waals surface area contributed by atoms with E-state index in [9.17, 15) is 4.79 Å². The van der Waals surface area contributed by atoms with Crippen molar-refractivity contribution < 1.29 is 19.1 Å². The van der Waals surface area contributed by atoms with Crippen molar-refractivity contribution in [2.75, 3.05) is 5.32 Å². The van der Waals surface area contributed by atoms with Crippen LogP contribution in [0.2, 0.25) is 0 Å². The molecule has 25 heavy (non-hydrogen) atoms. The molecule has 0 aliphatic carbocycles. The molecule has 2 aromatic carbocycles. The molecule has 6 nitrogen and oxygen atoms in total. The molecule has 0 radical (unpaired) electrons. The molecule has 1 unspecified atom stereocenters. The number of nitrogens with zero attached hydrogens (tertiary/aromatic N) is 1. The van der Waals surface area contributed by atoms with E-state index in [1.54, 1.807) is 49.5 Å². The molecule has 3 rings (SSSR count). The first kappa shape index (κ1) is 16.7. The molecular weight excluding hydrogens is 320 g/mol. The summed E-state index contributed by atoms with van der Waals surface area (Å²) in [4.78, 5) is 16.1. The molecule has 2 N–H and O–H groups in total. The average Bonchev–Trinajstić information content (AvgIpc) is 3.17. The minimum atomic E-state index is -0.678. The van der Waals surface area contributed by atoms with Crippen molar-refractivity contribution in [1.82, 2.24) is 4.98 Å².